The fourth-order valence-electron chi connectivity index (χ4n) is 2.57. The number of nitrogens with one attached hydrogen (secondary N) is 2. The second-order valence-corrected chi connectivity index (χ2v) is 6.94. The zero-order chi connectivity index (χ0) is 21.5. The number of benzene rings is 3. The van der Waals surface area contributed by atoms with Crippen molar-refractivity contribution in [1.29, 1.82) is 0 Å². The van der Waals surface area contributed by atoms with Gasteiger partial charge in [-0.2, -0.15) is 5.10 Å². The molecule has 2 N–H and O–H groups in total. The molecule has 3 aromatic rings. The molecule has 0 saturated heterocycles. The van der Waals surface area contributed by atoms with Crippen molar-refractivity contribution in [3.63, 3.8) is 0 Å². The highest BCUT2D eigenvalue weighted by Crippen LogP contribution is 2.23. The molecular weight excluding hydrogens is 425 g/mol. The number of rotatable bonds is 6. The van der Waals surface area contributed by atoms with Crippen LogP contribution in [0.15, 0.2) is 71.8 Å². The van der Waals surface area contributed by atoms with Crippen LogP contribution in [0.5, 0.6) is 5.75 Å². The minimum atomic E-state index is -0.474. The molecule has 0 aliphatic carbocycles. The summed E-state index contributed by atoms with van der Waals surface area (Å²) in [5.41, 5.74) is 4.06. The van der Waals surface area contributed by atoms with E-state index in [9.17, 15) is 9.59 Å². The van der Waals surface area contributed by atoms with Gasteiger partial charge < -0.3 is 10.1 Å². The van der Waals surface area contributed by atoms with Crippen molar-refractivity contribution in [2.24, 2.45) is 5.10 Å². The first-order valence-electron chi connectivity index (χ1n) is 8.81. The van der Waals surface area contributed by atoms with E-state index in [0.717, 1.165) is 11.3 Å². The van der Waals surface area contributed by atoms with Crippen LogP contribution in [0.3, 0.4) is 0 Å². The van der Waals surface area contributed by atoms with E-state index in [2.05, 4.69) is 15.8 Å². The molecule has 0 aromatic heterocycles. The van der Waals surface area contributed by atoms with Crippen LogP contribution in [0.4, 0.5) is 5.69 Å². The van der Waals surface area contributed by atoms with E-state index in [1.165, 1.54) is 18.3 Å². The standard InChI is InChI=1S/C22H17Cl2N3O3/c1-30-16-9-6-14(7-10-16)13-25-27-22(29)18-4-2-3-5-20(18)26-21(28)17-11-8-15(23)12-19(17)24/h2-13H,1H3,(H,26,28)(H,27,29)/b25-13-. The lowest BCUT2D eigenvalue weighted by Gasteiger charge is -2.11. The topological polar surface area (TPSA) is 79.8 Å². The van der Waals surface area contributed by atoms with E-state index in [1.807, 2.05) is 0 Å². The van der Waals surface area contributed by atoms with Crippen LogP contribution in [0.1, 0.15) is 26.3 Å². The molecule has 3 rings (SSSR count). The van der Waals surface area contributed by atoms with E-state index in [1.54, 1.807) is 61.7 Å². The highest BCUT2D eigenvalue weighted by atomic mass is 35.5. The first kappa shape index (κ1) is 21.4. The van der Waals surface area contributed by atoms with Gasteiger partial charge in [-0.25, -0.2) is 5.43 Å². The maximum atomic E-state index is 12.6. The maximum Gasteiger partial charge on any atom is 0.273 e. The summed E-state index contributed by atoms with van der Waals surface area (Å²) in [7, 11) is 1.58. The average molecular weight is 442 g/mol. The van der Waals surface area contributed by atoms with Crippen molar-refractivity contribution in [2.45, 2.75) is 0 Å². The van der Waals surface area contributed by atoms with E-state index >= 15 is 0 Å². The normalized spacial score (nSPS) is 10.6. The van der Waals surface area contributed by atoms with Crippen LogP contribution in [0, 0.1) is 0 Å². The molecule has 0 saturated carbocycles. The summed E-state index contributed by atoms with van der Waals surface area (Å²) in [4.78, 5) is 25.1. The molecule has 0 bridgehead atoms. The Hall–Kier alpha value is -3.35. The number of ether oxygens (including phenoxy) is 1. The molecule has 30 heavy (non-hydrogen) atoms. The van der Waals surface area contributed by atoms with Gasteiger partial charge in [0.2, 0.25) is 0 Å². The van der Waals surface area contributed by atoms with Gasteiger partial charge in [0.1, 0.15) is 5.75 Å². The van der Waals surface area contributed by atoms with Crippen molar-refractivity contribution in [1.82, 2.24) is 5.43 Å². The molecule has 0 unspecified atom stereocenters. The summed E-state index contributed by atoms with van der Waals surface area (Å²) in [6.07, 6.45) is 1.51. The monoisotopic (exact) mass is 441 g/mol. The van der Waals surface area contributed by atoms with Crippen LogP contribution in [-0.4, -0.2) is 25.1 Å². The number of hydrogen-bond donors (Lipinski definition) is 2. The van der Waals surface area contributed by atoms with Gasteiger partial charge in [-0.1, -0.05) is 35.3 Å². The van der Waals surface area contributed by atoms with Crippen molar-refractivity contribution in [2.75, 3.05) is 12.4 Å². The average Bonchev–Trinajstić information content (AvgIpc) is 2.74. The quantitative estimate of drug-likeness (QED) is 0.416. The predicted molar refractivity (Wildman–Crippen MR) is 119 cm³/mol. The summed E-state index contributed by atoms with van der Waals surface area (Å²) >= 11 is 12.0. The van der Waals surface area contributed by atoms with Crippen LogP contribution in [0.2, 0.25) is 10.0 Å². The molecule has 152 valence electrons. The minimum Gasteiger partial charge on any atom is -0.497 e. The number of para-hydroxylation sites is 1. The van der Waals surface area contributed by atoms with Gasteiger partial charge in [0.25, 0.3) is 11.8 Å². The molecule has 0 aliphatic heterocycles. The zero-order valence-electron chi connectivity index (χ0n) is 15.9. The van der Waals surface area contributed by atoms with Gasteiger partial charge in [-0.15, -0.1) is 0 Å². The maximum absolute atomic E-state index is 12.6. The second kappa shape index (κ2) is 9.91. The number of methoxy groups -OCH3 is 1. The molecule has 0 aliphatic rings. The van der Waals surface area contributed by atoms with Crippen molar-refractivity contribution in [3.8, 4) is 5.75 Å². The number of hydrazone groups is 1. The summed E-state index contributed by atoms with van der Waals surface area (Å²) < 4.78 is 5.10. The Balaban J connectivity index is 1.71. The SMILES string of the molecule is COc1ccc(/C=N\NC(=O)c2ccccc2NC(=O)c2ccc(Cl)cc2Cl)cc1. The molecule has 0 radical (unpaired) electrons. The Morgan fingerprint density at radius 3 is 2.37 bits per heavy atom. The summed E-state index contributed by atoms with van der Waals surface area (Å²) in [5, 5.41) is 7.29. The highest BCUT2D eigenvalue weighted by molar-refractivity contribution is 6.37. The third-order valence-corrected chi connectivity index (χ3v) is 4.64. The third-order valence-electron chi connectivity index (χ3n) is 4.09. The number of carbonyl (C=O) groups is 2. The van der Waals surface area contributed by atoms with Gasteiger partial charge in [0.15, 0.2) is 0 Å². The molecule has 0 heterocycles. The van der Waals surface area contributed by atoms with Gasteiger partial charge in [-0.3, -0.25) is 9.59 Å². The second-order valence-electron chi connectivity index (χ2n) is 6.10. The molecule has 2 amide bonds. The van der Waals surface area contributed by atoms with Crippen molar-refractivity contribution in [3.05, 3.63) is 93.5 Å². The Labute approximate surface area is 183 Å². The first-order chi connectivity index (χ1) is 14.5. The van der Waals surface area contributed by atoms with Crippen LogP contribution in [-0.2, 0) is 0 Å². The number of halogens is 2. The zero-order valence-corrected chi connectivity index (χ0v) is 17.4. The number of carbonyl (C=O) groups excluding carboxylic acids is 2. The molecule has 0 atom stereocenters. The molecule has 3 aromatic carbocycles. The number of hydrogen-bond acceptors (Lipinski definition) is 4. The van der Waals surface area contributed by atoms with Gasteiger partial charge in [0.05, 0.1) is 35.2 Å². The number of anilines is 1. The Morgan fingerprint density at radius 1 is 0.933 bits per heavy atom. The highest BCUT2D eigenvalue weighted by Gasteiger charge is 2.15. The molecular formula is C22H17Cl2N3O3. The van der Waals surface area contributed by atoms with E-state index in [-0.39, 0.29) is 16.1 Å². The summed E-state index contributed by atoms with van der Waals surface area (Å²) in [6.45, 7) is 0. The Kier molecular flexibility index (Phi) is 7.06. The molecule has 0 fully saturated rings. The molecule has 6 nitrogen and oxygen atoms in total. The number of amides is 2. The van der Waals surface area contributed by atoms with E-state index in [0.29, 0.717) is 10.7 Å². The van der Waals surface area contributed by atoms with E-state index in [4.69, 9.17) is 27.9 Å². The third kappa shape index (κ3) is 5.37. The fraction of sp³-hybridized carbons (Fsp3) is 0.0455. The van der Waals surface area contributed by atoms with Crippen LogP contribution in [0.25, 0.3) is 0 Å². The first-order valence-corrected chi connectivity index (χ1v) is 9.56. The van der Waals surface area contributed by atoms with Crippen LogP contribution >= 0.6 is 23.2 Å². The molecule has 8 heteroatoms. The Bertz CT molecular complexity index is 1100. The van der Waals surface area contributed by atoms with Crippen LogP contribution < -0.4 is 15.5 Å². The number of nitrogens with zero attached hydrogens (tertiary/aromatic N) is 1. The van der Waals surface area contributed by atoms with Crippen molar-refractivity contribution >= 4 is 46.9 Å². The molecule has 0 spiro atoms. The Morgan fingerprint density at radius 2 is 1.67 bits per heavy atom. The van der Waals surface area contributed by atoms with E-state index < -0.39 is 11.8 Å². The minimum absolute atomic E-state index is 0.214. The fourth-order valence-corrected chi connectivity index (χ4v) is 3.06. The lowest BCUT2D eigenvalue weighted by atomic mass is 10.1. The van der Waals surface area contributed by atoms with Gasteiger partial charge >= 0.3 is 0 Å². The van der Waals surface area contributed by atoms with Crippen molar-refractivity contribution < 1.29 is 14.3 Å². The largest absolute Gasteiger partial charge is 0.497 e. The summed E-state index contributed by atoms with van der Waals surface area (Å²) in [5.74, 6) is -0.210. The predicted octanol–water partition coefficient (Wildman–Crippen LogP) is 5.02. The smallest absolute Gasteiger partial charge is 0.273 e. The lowest BCUT2D eigenvalue weighted by Crippen LogP contribution is -2.21. The lowest BCUT2D eigenvalue weighted by molar-refractivity contribution is 0.0956. The van der Waals surface area contributed by atoms with Gasteiger partial charge in [-0.05, 0) is 60.2 Å². The van der Waals surface area contributed by atoms with Gasteiger partial charge in [0, 0.05) is 5.02 Å². The summed E-state index contributed by atoms with van der Waals surface area (Å²) in [6, 6.07) is 18.3.